The van der Waals surface area contributed by atoms with Crippen LogP contribution in [0.1, 0.15) is 89.2 Å². The van der Waals surface area contributed by atoms with Gasteiger partial charge in [-0.05, 0) is 36.8 Å². The minimum atomic E-state index is 1.23. The third-order valence-corrected chi connectivity index (χ3v) is 3.99. The summed E-state index contributed by atoms with van der Waals surface area (Å²) in [6, 6.07) is 9.21. The molecule has 0 atom stereocenters. The largest absolute Gasteiger partial charge is 0.0654 e. The Morgan fingerprint density at radius 3 is 2.00 bits per heavy atom. The summed E-state index contributed by atoms with van der Waals surface area (Å²) in [4.78, 5) is 0. The highest BCUT2D eigenvalue weighted by Crippen LogP contribution is 2.14. The van der Waals surface area contributed by atoms with Crippen LogP contribution in [0.15, 0.2) is 24.3 Å². The molecule has 0 aliphatic carbocycles. The summed E-state index contributed by atoms with van der Waals surface area (Å²) in [5.74, 6) is 0. The molecule has 1 aromatic carbocycles. The Kier molecular flexibility index (Phi) is 10.4. The molecule has 0 bridgehead atoms. The van der Waals surface area contributed by atoms with E-state index in [1.54, 1.807) is 0 Å². The van der Waals surface area contributed by atoms with Crippen LogP contribution in [0.3, 0.4) is 0 Å². The van der Waals surface area contributed by atoms with Crippen LogP contribution in [0.5, 0.6) is 0 Å². The fourth-order valence-electron chi connectivity index (χ4n) is 2.59. The molecule has 0 aliphatic rings. The first-order chi connectivity index (χ1) is 9.86. The molecule has 1 rings (SSSR count). The average molecular weight is 273 g/mol. The Balaban J connectivity index is 2.12. The maximum Gasteiger partial charge on any atom is -0.00931 e. The first kappa shape index (κ1) is 17.3. The van der Waals surface area contributed by atoms with E-state index in [1.807, 2.05) is 0 Å². The van der Waals surface area contributed by atoms with Gasteiger partial charge in [0.2, 0.25) is 0 Å². The van der Waals surface area contributed by atoms with Gasteiger partial charge in [0.1, 0.15) is 0 Å². The average Bonchev–Trinajstić information content (AvgIpc) is 2.49. The zero-order valence-corrected chi connectivity index (χ0v) is 13.7. The number of hydrogen-bond donors (Lipinski definition) is 0. The molecule has 0 fully saturated rings. The minimum absolute atomic E-state index is 1.23. The van der Waals surface area contributed by atoms with Gasteiger partial charge in [0.15, 0.2) is 0 Å². The summed E-state index contributed by atoms with van der Waals surface area (Å²) < 4.78 is 0. The first-order valence-electron chi connectivity index (χ1n) is 8.79. The summed E-state index contributed by atoms with van der Waals surface area (Å²) in [5.41, 5.74) is 2.90. The maximum atomic E-state index is 2.38. The lowest BCUT2D eigenvalue weighted by Crippen LogP contribution is -1.88. The predicted octanol–water partition coefficient (Wildman–Crippen LogP) is 6.72. The van der Waals surface area contributed by atoms with Gasteiger partial charge in [0.25, 0.3) is 0 Å². The fraction of sp³-hybridized carbons (Fsp3) is 0.650. The molecule has 0 N–H and O–H groups in total. The lowest BCUT2D eigenvalue weighted by molar-refractivity contribution is 0.607. The maximum absolute atomic E-state index is 2.38. The monoisotopic (exact) mass is 273 g/mol. The number of unbranched alkanes of at least 4 members (excludes halogenated alkanes) is 8. The van der Waals surface area contributed by atoms with E-state index in [0.29, 0.717) is 0 Å². The van der Waals surface area contributed by atoms with Crippen molar-refractivity contribution >= 4 is 0 Å². The minimum Gasteiger partial charge on any atom is -0.0654 e. The molecule has 0 heterocycles. The summed E-state index contributed by atoms with van der Waals surface area (Å²) in [5, 5.41) is 0. The Labute approximate surface area is 127 Å². The van der Waals surface area contributed by atoms with Crippen LogP contribution in [-0.4, -0.2) is 0 Å². The number of rotatable bonds is 12. The van der Waals surface area contributed by atoms with Crippen molar-refractivity contribution in [2.45, 2.75) is 84.5 Å². The van der Waals surface area contributed by atoms with Gasteiger partial charge in [-0.15, -0.1) is 0 Å². The van der Waals surface area contributed by atoms with Crippen molar-refractivity contribution in [3.8, 4) is 0 Å². The van der Waals surface area contributed by atoms with E-state index in [4.69, 9.17) is 0 Å². The van der Waals surface area contributed by atoms with Crippen molar-refractivity contribution in [3.63, 3.8) is 0 Å². The molecule has 0 heteroatoms. The predicted molar refractivity (Wildman–Crippen MR) is 91.1 cm³/mol. The molecular formula is C20H33. The molecule has 0 unspecified atom stereocenters. The van der Waals surface area contributed by atoms with E-state index in [2.05, 4.69) is 44.5 Å². The summed E-state index contributed by atoms with van der Waals surface area (Å²) in [7, 11) is 0. The highest BCUT2D eigenvalue weighted by atomic mass is 14.0. The molecule has 1 radical (unpaired) electrons. The van der Waals surface area contributed by atoms with Crippen LogP contribution in [-0.2, 0) is 6.42 Å². The van der Waals surface area contributed by atoms with Crippen LogP contribution in [0.4, 0.5) is 0 Å². The van der Waals surface area contributed by atoms with Crippen molar-refractivity contribution in [2.75, 3.05) is 0 Å². The van der Waals surface area contributed by atoms with Crippen molar-refractivity contribution in [1.82, 2.24) is 0 Å². The molecule has 1 aromatic rings. The van der Waals surface area contributed by atoms with Crippen molar-refractivity contribution in [2.24, 2.45) is 0 Å². The lowest BCUT2D eigenvalue weighted by atomic mass is 10.0. The standard InChI is InChI=1S/C20H33/c1-3-5-7-9-10-12-14-20-17-15-19(16-18-20)13-11-8-6-4-2/h13,15-18H,3-12,14H2,1-2H3. The zero-order valence-electron chi connectivity index (χ0n) is 13.7. The van der Waals surface area contributed by atoms with E-state index in [9.17, 15) is 0 Å². The van der Waals surface area contributed by atoms with Crippen molar-refractivity contribution in [3.05, 3.63) is 41.8 Å². The second-order valence-corrected chi connectivity index (χ2v) is 5.96. The molecule has 0 saturated carbocycles. The number of benzene rings is 1. The van der Waals surface area contributed by atoms with Gasteiger partial charge in [-0.2, -0.15) is 0 Å². The number of hydrogen-bond acceptors (Lipinski definition) is 0. The lowest BCUT2D eigenvalue weighted by Gasteiger charge is -2.04. The molecule has 0 aromatic heterocycles. The molecule has 0 amide bonds. The van der Waals surface area contributed by atoms with Gasteiger partial charge in [-0.3, -0.25) is 0 Å². The Morgan fingerprint density at radius 1 is 0.700 bits per heavy atom. The second-order valence-electron chi connectivity index (χ2n) is 5.96. The summed E-state index contributed by atoms with van der Waals surface area (Å²) >= 11 is 0. The molecular weight excluding hydrogens is 240 g/mol. The Bertz CT molecular complexity index is 309. The van der Waals surface area contributed by atoms with E-state index in [-0.39, 0.29) is 0 Å². The quantitative estimate of drug-likeness (QED) is 0.371. The topological polar surface area (TPSA) is 0 Å². The molecule has 113 valence electrons. The van der Waals surface area contributed by atoms with Gasteiger partial charge < -0.3 is 0 Å². The summed E-state index contributed by atoms with van der Waals surface area (Å²) in [6.45, 7) is 4.54. The van der Waals surface area contributed by atoms with Crippen LogP contribution in [0.25, 0.3) is 0 Å². The van der Waals surface area contributed by atoms with Crippen LogP contribution in [0.2, 0.25) is 0 Å². The highest BCUT2D eigenvalue weighted by molar-refractivity contribution is 5.27. The van der Waals surface area contributed by atoms with E-state index in [0.717, 1.165) is 0 Å². The molecule has 0 spiro atoms. The van der Waals surface area contributed by atoms with Gasteiger partial charge in [0, 0.05) is 0 Å². The van der Waals surface area contributed by atoms with E-state index in [1.165, 1.54) is 81.8 Å². The highest BCUT2D eigenvalue weighted by Gasteiger charge is 1.97. The van der Waals surface area contributed by atoms with Crippen LogP contribution in [0, 0.1) is 6.42 Å². The van der Waals surface area contributed by atoms with Gasteiger partial charge in [-0.25, -0.2) is 0 Å². The van der Waals surface area contributed by atoms with Crippen LogP contribution < -0.4 is 0 Å². The SMILES string of the molecule is CCCCC[CH]c1ccc(CCCCCCCC)cc1. The van der Waals surface area contributed by atoms with Crippen molar-refractivity contribution in [1.29, 1.82) is 0 Å². The van der Waals surface area contributed by atoms with E-state index < -0.39 is 0 Å². The molecule has 20 heavy (non-hydrogen) atoms. The molecule has 0 saturated heterocycles. The first-order valence-corrected chi connectivity index (χ1v) is 8.79. The molecule has 0 aliphatic heterocycles. The van der Waals surface area contributed by atoms with Gasteiger partial charge in [0.05, 0.1) is 0 Å². The Morgan fingerprint density at radius 2 is 1.30 bits per heavy atom. The number of aryl methyl sites for hydroxylation is 1. The fourth-order valence-corrected chi connectivity index (χ4v) is 2.59. The third-order valence-electron chi connectivity index (χ3n) is 3.99. The zero-order chi connectivity index (χ0) is 14.5. The smallest absolute Gasteiger partial charge is 0.00931 e. The van der Waals surface area contributed by atoms with Crippen LogP contribution >= 0.6 is 0 Å². The van der Waals surface area contributed by atoms with Gasteiger partial charge in [-0.1, -0.05) is 89.5 Å². The second kappa shape index (κ2) is 12.0. The molecule has 0 nitrogen and oxygen atoms in total. The Hall–Kier alpha value is -0.780. The van der Waals surface area contributed by atoms with E-state index >= 15 is 0 Å². The normalized spacial score (nSPS) is 10.9. The summed E-state index contributed by atoms with van der Waals surface area (Å²) in [6.07, 6.45) is 17.2. The third kappa shape index (κ3) is 8.40. The van der Waals surface area contributed by atoms with Crippen molar-refractivity contribution < 1.29 is 0 Å². The van der Waals surface area contributed by atoms with Gasteiger partial charge >= 0.3 is 0 Å².